The Labute approximate surface area is 204 Å². The number of rotatable bonds is 7. The van der Waals surface area contributed by atoms with E-state index < -0.39 is 17.8 Å². The normalized spacial score (nSPS) is 10.8. The van der Waals surface area contributed by atoms with Crippen LogP contribution in [0.25, 0.3) is 6.08 Å². The molecule has 0 fully saturated rings. The lowest BCUT2D eigenvalue weighted by Gasteiger charge is -2.09. The fourth-order valence-electron chi connectivity index (χ4n) is 2.72. The van der Waals surface area contributed by atoms with E-state index in [9.17, 15) is 14.4 Å². The first-order chi connectivity index (χ1) is 16.5. The van der Waals surface area contributed by atoms with Crippen molar-refractivity contribution in [2.75, 3.05) is 12.4 Å². The van der Waals surface area contributed by atoms with Crippen LogP contribution in [0.4, 0.5) is 5.69 Å². The van der Waals surface area contributed by atoms with Crippen molar-refractivity contribution in [3.05, 3.63) is 94.5 Å². The highest BCUT2D eigenvalue weighted by molar-refractivity contribution is 9.10. The summed E-state index contributed by atoms with van der Waals surface area (Å²) in [6.45, 7) is 0. The molecule has 0 aliphatic heterocycles. The molecule has 2 N–H and O–H groups in total. The van der Waals surface area contributed by atoms with Crippen molar-refractivity contribution in [2.24, 2.45) is 5.10 Å². The Balaban J connectivity index is 1.63. The van der Waals surface area contributed by atoms with Gasteiger partial charge in [-0.1, -0.05) is 58.4 Å². The van der Waals surface area contributed by atoms with Gasteiger partial charge in [0.15, 0.2) is 0 Å². The van der Waals surface area contributed by atoms with Crippen molar-refractivity contribution < 1.29 is 23.9 Å². The third kappa shape index (κ3) is 7.14. The summed E-state index contributed by atoms with van der Waals surface area (Å²) in [5, 5.41) is 6.25. The van der Waals surface area contributed by atoms with Gasteiger partial charge in [-0.3, -0.25) is 9.59 Å². The zero-order valence-corrected chi connectivity index (χ0v) is 19.6. The van der Waals surface area contributed by atoms with Crippen molar-refractivity contribution in [3.63, 3.8) is 0 Å². The quantitative estimate of drug-likeness (QED) is 0.121. The molecule has 3 aromatic carbocycles. The second-order valence-corrected chi connectivity index (χ2v) is 7.62. The van der Waals surface area contributed by atoms with E-state index >= 15 is 0 Å². The second kappa shape index (κ2) is 12.1. The van der Waals surface area contributed by atoms with Gasteiger partial charge in [0.2, 0.25) is 0 Å². The summed E-state index contributed by atoms with van der Waals surface area (Å²) >= 11 is 3.34. The molecule has 8 nitrogen and oxygen atoms in total. The largest absolute Gasteiger partial charge is 0.495 e. The third-order valence-corrected chi connectivity index (χ3v) is 4.82. The minimum Gasteiger partial charge on any atom is -0.495 e. The average Bonchev–Trinajstić information content (AvgIpc) is 2.85. The van der Waals surface area contributed by atoms with E-state index in [1.165, 1.54) is 19.4 Å². The zero-order valence-electron chi connectivity index (χ0n) is 18.0. The van der Waals surface area contributed by atoms with Crippen LogP contribution in [0.2, 0.25) is 0 Å². The van der Waals surface area contributed by atoms with Crippen LogP contribution in [0.3, 0.4) is 0 Å². The van der Waals surface area contributed by atoms with Gasteiger partial charge in [0.1, 0.15) is 11.5 Å². The molecule has 0 saturated heterocycles. The molecule has 0 saturated carbocycles. The SMILES string of the molecule is COc1ccccc1NC(=O)C(=O)N/N=C\c1cc(Br)ccc1OC(=O)/C=C/c1ccccc1. The second-order valence-electron chi connectivity index (χ2n) is 6.70. The number of nitrogens with zero attached hydrogens (tertiary/aromatic N) is 1. The molecule has 34 heavy (non-hydrogen) atoms. The van der Waals surface area contributed by atoms with Gasteiger partial charge in [0.05, 0.1) is 19.0 Å². The Bertz CT molecular complexity index is 1240. The Morgan fingerprint density at radius 1 is 0.912 bits per heavy atom. The molecule has 3 aromatic rings. The van der Waals surface area contributed by atoms with Crippen LogP contribution in [-0.4, -0.2) is 31.1 Å². The first-order valence-electron chi connectivity index (χ1n) is 9.98. The summed E-state index contributed by atoms with van der Waals surface area (Å²) in [5.41, 5.74) is 3.75. The van der Waals surface area contributed by atoms with Gasteiger partial charge in [-0.05, 0) is 42.0 Å². The van der Waals surface area contributed by atoms with Crippen LogP contribution in [0.1, 0.15) is 11.1 Å². The number of nitrogens with one attached hydrogen (secondary N) is 2. The molecule has 0 aliphatic carbocycles. The minimum atomic E-state index is -0.985. The number of para-hydroxylation sites is 2. The van der Waals surface area contributed by atoms with Crippen LogP contribution >= 0.6 is 15.9 Å². The summed E-state index contributed by atoms with van der Waals surface area (Å²) in [4.78, 5) is 36.5. The third-order valence-electron chi connectivity index (χ3n) is 4.32. The molecule has 3 rings (SSSR count). The number of carbonyl (C=O) groups is 3. The van der Waals surface area contributed by atoms with Crippen LogP contribution in [0.15, 0.2) is 88.4 Å². The predicted molar refractivity (Wildman–Crippen MR) is 133 cm³/mol. The van der Waals surface area contributed by atoms with Gasteiger partial charge >= 0.3 is 17.8 Å². The lowest BCUT2D eigenvalue weighted by Crippen LogP contribution is -2.32. The number of hydrogen-bond acceptors (Lipinski definition) is 6. The van der Waals surface area contributed by atoms with Crippen LogP contribution < -0.4 is 20.2 Å². The minimum absolute atomic E-state index is 0.224. The molecule has 9 heteroatoms. The standard InChI is InChI=1S/C25H20BrN3O5/c1-33-22-10-6-5-9-20(22)28-24(31)25(32)29-27-16-18-15-19(26)12-13-21(18)34-23(30)14-11-17-7-3-2-4-8-17/h2-16H,1H3,(H,28,31)(H,29,32)/b14-11+,27-16-. The lowest BCUT2D eigenvalue weighted by molar-refractivity contribution is -0.136. The first-order valence-corrected chi connectivity index (χ1v) is 10.8. The van der Waals surface area contributed by atoms with Crippen molar-refractivity contribution in [2.45, 2.75) is 0 Å². The molecule has 0 unspecified atom stereocenters. The van der Waals surface area contributed by atoms with E-state index in [-0.39, 0.29) is 5.75 Å². The molecular weight excluding hydrogens is 502 g/mol. The molecular formula is C25H20BrN3O5. The van der Waals surface area contributed by atoms with E-state index in [0.717, 1.165) is 5.56 Å². The molecule has 0 heterocycles. The maximum atomic E-state index is 12.2. The van der Waals surface area contributed by atoms with E-state index in [1.807, 2.05) is 30.3 Å². The highest BCUT2D eigenvalue weighted by Crippen LogP contribution is 2.23. The molecule has 2 amide bonds. The number of hydrogen-bond donors (Lipinski definition) is 2. The van der Waals surface area contributed by atoms with Gasteiger partial charge in [-0.25, -0.2) is 10.2 Å². The zero-order chi connectivity index (χ0) is 24.3. The van der Waals surface area contributed by atoms with E-state index in [2.05, 4.69) is 31.8 Å². The lowest BCUT2D eigenvalue weighted by atomic mass is 10.2. The summed E-state index contributed by atoms with van der Waals surface area (Å²) in [5.74, 6) is -1.85. The molecule has 0 aliphatic rings. The van der Waals surface area contributed by atoms with Gasteiger partial charge < -0.3 is 14.8 Å². The van der Waals surface area contributed by atoms with Gasteiger partial charge in [-0.15, -0.1) is 0 Å². The number of halogens is 1. The average molecular weight is 522 g/mol. The van der Waals surface area contributed by atoms with Crippen molar-refractivity contribution >= 4 is 51.7 Å². The number of amides is 2. The number of methoxy groups -OCH3 is 1. The topological polar surface area (TPSA) is 106 Å². The van der Waals surface area contributed by atoms with E-state index in [4.69, 9.17) is 9.47 Å². The maximum absolute atomic E-state index is 12.2. The number of esters is 1. The van der Waals surface area contributed by atoms with Crippen molar-refractivity contribution in [3.8, 4) is 11.5 Å². The molecule has 0 radical (unpaired) electrons. The molecule has 172 valence electrons. The number of anilines is 1. The highest BCUT2D eigenvalue weighted by atomic mass is 79.9. The molecule has 0 bridgehead atoms. The number of carbonyl (C=O) groups excluding carboxylic acids is 3. The number of ether oxygens (including phenoxy) is 2. The molecule has 0 spiro atoms. The van der Waals surface area contributed by atoms with Crippen molar-refractivity contribution in [1.29, 1.82) is 0 Å². The Morgan fingerprint density at radius 3 is 2.41 bits per heavy atom. The Morgan fingerprint density at radius 2 is 1.65 bits per heavy atom. The van der Waals surface area contributed by atoms with Crippen molar-refractivity contribution in [1.82, 2.24) is 5.43 Å². The van der Waals surface area contributed by atoms with Gasteiger partial charge in [0.25, 0.3) is 0 Å². The first kappa shape index (κ1) is 24.4. The maximum Gasteiger partial charge on any atom is 0.336 e. The van der Waals surface area contributed by atoms with Gasteiger partial charge in [0, 0.05) is 16.1 Å². The van der Waals surface area contributed by atoms with Crippen LogP contribution in [-0.2, 0) is 14.4 Å². The highest BCUT2D eigenvalue weighted by Gasteiger charge is 2.15. The summed E-state index contributed by atoms with van der Waals surface area (Å²) in [7, 11) is 1.45. The van der Waals surface area contributed by atoms with Crippen LogP contribution in [0.5, 0.6) is 11.5 Å². The fraction of sp³-hybridized carbons (Fsp3) is 0.0400. The molecule has 0 atom stereocenters. The Kier molecular flexibility index (Phi) is 8.70. The van der Waals surface area contributed by atoms with Crippen LogP contribution in [0, 0.1) is 0 Å². The Hall–Kier alpha value is -4.24. The number of benzene rings is 3. The van der Waals surface area contributed by atoms with Gasteiger partial charge in [-0.2, -0.15) is 5.10 Å². The van der Waals surface area contributed by atoms with E-state index in [0.29, 0.717) is 21.5 Å². The predicted octanol–water partition coefficient (Wildman–Crippen LogP) is 4.17. The van der Waals surface area contributed by atoms with E-state index in [1.54, 1.807) is 48.5 Å². The smallest absolute Gasteiger partial charge is 0.336 e. The monoisotopic (exact) mass is 521 g/mol. The summed E-state index contributed by atoms with van der Waals surface area (Å²) in [6, 6.07) is 20.9. The summed E-state index contributed by atoms with van der Waals surface area (Å²) in [6.07, 6.45) is 4.21. The fourth-order valence-corrected chi connectivity index (χ4v) is 3.10. The summed E-state index contributed by atoms with van der Waals surface area (Å²) < 4.78 is 11.2. The number of hydrazone groups is 1. The molecule has 0 aromatic heterocycles.